The molecular weight excluding hydrogens is 725 g/mol. The van der Waals surface area contributed by atoms with Crippen LogP contribution in [0.2, 0.25) is 0 Å². The van der Waals surface area contributed by atoms with Crippen molar-refractivity contribution in [1.82, 2.24) is 4.57 Å². The zero-order chi connectivity index (χ0) is 39.8. The topological polar surface area (TPSA) is 8.17 Å². The van der Waals surface area contributed by atoms with E-state index in [4.69, 9.17) is 0 Å². The Hall–Kier alpha value is -7.94. The van der Waals surface area contributed by atoms with Crippen LogP contribution in [0, 0.1) is 0 Å². The lowest BCUT2D eigenvalue weighted by molar-refractivity contribution is 1.18. The molecule has 0 N–H and O–H groups in total. The van der Waals surface area contributed by atoms with Gasteiger partial charge in [0.05, 0.1) is 16.7 Å². The smallest absolute Gasteiger partial charge is 0.0546 e. The molecule has 0 bridgehead atoms. The molecule has 2 heteroatoms. The van der Waals surface area contributed by atoms with Crippen LogP contribution in [0.15, 0.2) is 243 Å². The maximum atomic E-state index is 2.44. The van der Waals surface area contributed by atoms with Crippen molar-refractivity contribution in [3.8, 4) is 50.2 Å². The Balaban J connectivity index is 1.06. The Labute approximate surface area is 350 Å². The number of hydrogen-bond acceptors (Lipinski definition) is 1. The predicted octanol–water partition coefficient (Wildman–Crippen LogP) is 16.1. The van der Waals surface area contributed by atoms with Crippen molar-refractivity contribution >= 4 is 49.6 Å². The van der Waals surface area contributed by atoms with Crippen LogP contribution in [-0.4, -0.2) is 4.57 Å². The highest BCUT2D eigenvalue weighted by atomic mass is 15.1. The summed E-state index contributed by atoms with van der Waals surface area (Å²) in [6.45, 7) is 0. The summed E-state index contributed by atoms with van der Waals surface area (Å²) in [6.07, 6.45) is 0. The molecular formula is C58H40N2. The van der Waals surface area contributed by atoms with Crippen LogP contribution >= 0.6 is 0 Å². The molecule has 10 aromatic carbocycles. The van der Waals surface area contributed by atoms with Gasteiger partial charge in [-0.2, -0.15) is 0 Å². The molecule has 0 amide bonds. The Morgan fingerprint density at radius 1 is 0.283 bits per heavy atom. The fourth-order valence-electron chi connectivity index (χ4n) is 8.94. The first-order valence-corrected chi connectivity index (χ1v) is 20.6. The Bertz CT molecular complexity index is 3250. The lowest BCUT2D eigenvalue weighted by Crippen LogP contribution is -2.10. The van der Waals surface area contributed by atoms with E-state index in [1.807, 2.05) is 0 Å². The van der Waals surface area contributed by atoms with E-state index in [-0.39, 0.29) is 0 Å². The standard InChI is InChI=1S/C58H40N2/c1-3-16-41(17-4-1)46-22-13-24-50(39-46)59(51-25-14-23-47(40-51)48-33-32-42-18-7-8-21-45(42)38-48)49-36-34-43(35-37-49)52-28-15-31-57(58(52)44-19-5-2-6-20-44)60-55-29-11-9-26-53(55)54-27-10-12-30-56(54)60/h1-40H. The van der Waals surface area contributed by atoms with E-state index in [0.717, 1.165) is 28.3 Å². The zero-order valence-corrected chi connectivity index (χ0v) is 33.0. The number of hydrogen-bond donors (Lipinski definition) is 0. The van der Waals surface area contributed by atoms with E-state index >= 15 is 0 Å². The third-order valence-electron chi connectivity index (χ3n) is 11.8. The van der Waals surface area contributed by atoms with Crippen molar-refractivity contribution in [3.05, 3.63) is 243 Å². The molecule has 0 atom stereocenters. The first kappa shape index (κ1) is 35.2. The second-order valence-electron chi connectivity index (χ2n) is 15.3. The minimum Gasteiger partial charge on any atom is -0.310 e. The minimum atomic E-state index is 1.08. The highest BCUT2D eigenvalue weighted by Crippen LogP contribution is 2.43. The first-order chi connectivity index (χ1) is 29.8. The van der Waals surface area contributed by atoms with Crippen LogP contribution < -0.4 is 4.90 Å². The van der Waals surface area contributed by atoms with E-state index in [9.17, 15) is 0 Å². The van der Waals surface area contributed by atoms with Gasteiger partial charge in [-0.3, -0.25) is 0 Å². The van der Waals surface area contributed by atoms with Crippen molar-refractivity contribution in [2.75, 3.05) is 4.90 Å². The molecule has 0 radical (unpaired) electrons. The van der Waals surface area contributed by atoms with Crippen LogP contribution in [0.25, 0.3) is 82.8 Å². The summed E-state index contributed by atoms with van der Waals surface area (Å²) in [5.74, 6) is 0. The van der Waals surface area contributed by atoms with Gasteiger partial charge in [0.2, 0.25) is 0 Å². The van der Waals surface area contributed by atoms with E-state index in [0.29, 0.717) is 0 Å². The second kappa shape index (κ2) is 15.1. The van der Waals surface area contributed by atoms with Gasteiger partial charge in [-0.05, 0) is 110 Å². The van der Waals surface area contributed by atoms with Gasteiger partial charge in [0, 0.05) is 33.4 Å². The first-order valence-electron chi connectivity index (χ1n) is 20.6. The largest absolute Gasteiger partial charge is 0.310 e. The monoisotopic (exact) mass is 764 g/mol. The van der Waals surface area contributed by atoms with E-state index in [1.54, 1.807) is 0 Å². The van der Waals surface area contributed by atoms with Crippen molar-refractivity contribution in [2.45, 2.75) is 0 Å². The number of fused-ring (bicyclic) bond motifs is 4. The van der Waals surface area contributed by atoms with Crippen molar-refractivity contribution in [3.63, 3.8) is 0 Å². The van der Waals surface area contributed by atoms with Crippen LogP contribution in [0.4, 0.5) is 17.1 Å². The number of nitrogens with zero attached hydrogens (tertiary/aromatic N) is 2. The van der Waals surface area contributed by atoms with Gasteiger partial charge in [0.1, 0.15) is 0 Å². The van der Waals surface area contributed by atoms with Gasteiger partial charge in [0.15, 0.2) is 0 Å². The predicted molar refractivity (Wildman–Crippen MR) is 255 cm³/mol. The molecule has 2 nitrogen and oxygen atoms in total. The normalized spacial score (nSPS) is 11.3. The molecule has 0 aliphatic carbocycles. The summed E-state index contributed by atoms with van der Waals surface area (Å²) in [5, 5.41) is 4.99. The third kappa shape index (κ3) is 6.32. The van der Waals surface area contributed by atoms with Gasteiger partial charge >= 0.3 is 0 Å². The fraction of sp³-hybridized carbons (Fsp3) is 0. The summed E-state index contributed by atoms with van der Waals surface area (Å²) in [7, 11) is 0. The SMILES string of the molecule is c1ccc(-c2cccc(N(c3ccc(-c4cccc(-n5c6ccccc6c6ccccc65)c4-c4ccccc4)cc3)c3cccc(-c4ccc5ccccc5c4)c3)c2)cc1. The molecule has 0 saturated heterocycles. The minimum absolute atomic E-state index is 1.08. The molecule has 1 heterocycles. The average Bonchev–Trinajstić information content (AvgIpc) is 3.66. The summed E-state index contributed by atoms with van der Waals surface area (Å²) >= 11 is 0. The molecule has 60 heavy (non-hydrogen) atoms. The fourth-order valence-corrected chi connectivity index (χ4v) is 8.94. The molecule has 11 aromatic rings. The number of anilines is 3. The molecule has 11 rings (SSSR count). The Kier molecular flexibility index (Phi) is 8.87. The van der Waals surface area contributed by atoms with E-state index in [1.165, 1.54) is 71.5 Å². The van der Waals surface area contributed by atoms with Gasteiger partial charge in [-0.1, -0.05) is 182 Å². The van der Waals surface area contributed by atoms with E-state index in [2.05, 4.69) is 252 Å². The van der Waals surface area contributed by atoms with Crippen molar-refractivity contribution in [1.29, 1.82) is 0 Å². The quantitative estimate of drug-likeness (QED) is 0.150. The lowest BCUT2D eigenvalue weighted by Gasteiger charge is -2.27. The summed E-state index contributed by atoms with van der Waals surface area (Å²) in [5.41, 5.74) is 16.3. The van der Waals surface area contributed by atoms with Crippen LogP contribution in [0.5, 0.6) is 0 Å². The van der Waals surface area contributed by atoms with E-state index < -0.39 is 0 Å². The molecule has 0 aliphatic rings. The van der Waals surface area contributed by atoms with Crippen LogP contribution in [0.3, 0.4) is 0 Å². The highest BCUT2D eigenvalue weighted by Gasteiger charge is 2.20. The van der Waals surface area contributed by atoms with Crippen molar-refractivity contribution in [2.24, 2.45) is 0 Å². The molecule has 0 saturated carbocycles. The summed E-state index contributed by atoms with van der Waals surface area (Å²) < 4.78 is 2.44. The highest BCUT2D eigenvalue weighted by molar-refractivity contribution is 6.10. The van der Waals surface area contributed by atoms with Gasteiger partial charge in [-0.15, -0.1) is 0 Å². The Morgan fingerprint density at radius 3 is 1.45 bits per heavy atom. The molecule has 0 spiro atoms. The number of rotatable bonds is 8. The maximum absolute atomic E-state index is 2.44. The maximum Gasteiger partial charge on any atom is 0.0546 e. The number of aromatic nitrogens is 1. The average molecular weight is 765 g/mol. The molecule has 0 aliphatic heterocycles. The molecule has 0 fully saturated rings. The number of para-hydroxylation sites is 2. The van der Waals surface area contributed by atoms with Crippen LogP contribution in [-0.2, 0) is 0 Å². The molecule has 1 aromatic heterocycles. The Morgan fingerprint density at radius 2 is 0.783 bits per heavy atom. The second-order valence-corrected chi connectivity index (χ2v) is 15.3. The third-order valence-corrected chi connectivity index (χ3v) is 11.8. The van der Waals surface area contributed by atoms with Gasteiger partial charge in [0.25, 0.3) is 0 Å². The molecule has 0 unspecified atom stereocenters. The van der Waals surface area contributed by atoms with Crippen molar-refractivity contribution < 1.29 is 0 Å². The summed E-state index contributed by atoms with van der Waals surface area (Å²) in [6, 6.07) is 87.9. The summed E-state index contributed by atoms with van der Waals surface area (Å²) in [4.78, 5) is 2.38. The lowest BCUT2D eigenvalue weighted by atomic mass is 9.92. The van der Waals surface area contributed by atoms with Gasteiger partial charge < -0.3 is 9.47 Å². The number of benzene rings is 10. The molecule has 282 valence electrons. The van der Waals surface area contributed by atoms with Crippen LogP contribution in [0.1, 0.15) is 0 Å². The zero-order valence-electron chi connectivity index (χ0n) is 33.0. The van der Waals surface area contributed by atoms with Gasteiger partial charge in [-0.25, -0.2) is 0 Å².